The van der Waals surface area contributed by atoms with Crippen molar-refractivity contribution in [2.45, 2.75) is 20.4 Å². The molecule has 2 aromatic rings. The molecular formula is C14H15ClN2. The van der Waals surface area contributed by atoms with E-state index in [1.807, 2.05) is 0 Å². The molecule has 0 bridgehead atoms. The summed E-state index contributed by atoms with van der Waals surface area (Å²) in [5, 5.41) is 3.99. The number of hydrogen-bond donors (Lipinski definition) is 1. The Kier molecular flexibility index (Phi) is 3.64. The molecule has 0 aliphatic rings. The summed E-state index contributed by atoms with van der Waals surface area (Å²) in [6.45, 7) is 4.98. The van der Waals surface area contributed by atoms with E-state index >= 15 is 0 Å². The normalized spacial score (nSPS) is 10.3. The van der Waals surface area contributed by atoms with Crippen molar-refractivity contribution in [2.75, 3.05) is 5.32 Å². The monoisotopic (exact) mass is 246 g/mol. The molecule has 0 atom stereocenters. The van der Waals surface area contributed by atoms with E-state index in [-0.39, 0.29) is 0 Å². The van der Waals surface area contributed by atoms with Gasteiger partial charge in [-0.3, -0.25) is 4.98 Å². The molecule has 0 fully saturated rings. The molecule has 3 heteroatoms. The second-order valence-electron chi connectivity index (χ2n) is 4.14. The molecule has 0 saturated heterocycles. The van der Waals surface area contributed by atoms with Crippen LogP contribution >= 0.6 is 11.6 Å². The molecule has 0 aliphatic carbocycles. The summed E-state index contributed by atoms with van der Waals surface area (Å²) >= 11 is 6.05. The first-order valence-corrected chi connectivity index (χ1v) is 5.94. The van der Waals surface area contributed by atoms with Crippen molar-refractivity contribution in [3.63, 3.8) is 0 Å². The Morgan fingerprint density at radius 3 is 2.76 bits per heavy atom. The molecule has 0 saturated carbocycles. The van der Waals surface area contributed by atoms with Gasteiger partial charge in [0.2, 0.25) is 0 Å². The third-order valence-electron chi connectivity index (χ3n) is 2.74. The molecule has 88 valence electrons. The summed E-state index contributed by atoms with van der Waals surface area (Å²) in [6, 6.07) is 8.23. The van der Waals surface area contributed by atoms with Gasteiger partial charge in [0.1, 0.15) is 0 Å². The lowest BCUT2D eigenvalue weighted by molar-refractivity contribution is 1.10. The minimum atomic E-state index is 0.699. The Labute approximate surface area is 107 Å². The van der Waals surface area contributed by atoms with E-state index < -0.39 is 0 Å². The summed E-state index contributed by atoms with van der Waals surface area (Å²) in [5.41, 5.74) is 4.72. The Morgan fingerprint density at radius 2 is 2.06 bits per heavy atom. The fraction of sp³-hybridized carbons (Fsp3) is 0.214. The number of anilines is 1. The zero-order chi connectivity index (χ0) is 12.3. The molecule has 0 amide bonds. The van der Waals surface area contributed by atoms with Crippen molar-refractivity contribution in [1.82, 2.24) is 4.98 Å². The van der Waals surface area contributed by atoms with Gasteiger partial charge in [-0.1, -0.05) is 35.4 Å². The lowest BCUT2D eigenvalue weighted by Gasteiger charge is -2.10. The average molecular weight is 247 g/mol. The number of nitrogens with one attached hydrogen (secondary N) is 1. The summed E-state index contributed by atoms with van der Waals surface area (Å²) < 4.78 is 0. The number of nitrogens with zero attached hydrogens (tertiary/aromatic N) is 1. The minimum Gasteiger partial charge on any atom is -0.379 e. The third-order valence-corrected chi connectivity index (χ3v) is 3.06. The predicted molar refractivity (Wildman–Crippen MR) is 72.5 cm³/mol. The summed E-state index contributed by atoms with van der Waals surface area (Å²) in [6.07, 6.45) is 3.43. The minimum absolute atomic E-state index is 0.699. The van der Waals surface area contributed by atoms with E-state index in [4.69, 9.17) is 11.6 Å². The van der Waals surface area contributed by atoms with Crippen LogP contribution in [0.15, 0.2) is 36.7 Å². The van der Waals surface area contributed by atoms with Crippen molar-refractivity contribution in [1.29, 1.82) is 0 Å². The number of benzene rings is 1. The summed E-state index contributed by atoms with van der Waals surface area (Å²) in [4.78, 5) is 4.05. The SMILES string of the molecule is Cc1ccc(CNc2cnccc2Cl)c(C)c1. The molecule has 1 aromatic carbocycles. The summed E-state index contributed by atoms with van der Waals surface area (Å²) in [7, 11) is 0. The zero-order valence-corrected chi connectivity index (χ0v) is 10.8. The van der Waals surface area contributed by atoms with Gasteiger partial charge in [-0.15, -0.1) is 0 Å². The lowest BCUT2D eigenvalue weighted by atomic mass is 10.1. The van der Waals surface area contributed by atoms with Crippen molar-refractivity contribution in [3.8, 4) is 0 Å². The van der Waals surface area contributed by atoms with Gasteiger partial charge >= 0.3 is 0 Å². The van der Waals surface area contributed by atoms with Gasteiger partial charge in [-0.2, -0.15) is 0 Å². The number of hydrogen-bond acceptors (Lipinski definition) is 2. The first kappa shape index (κ1) is 11.9. The molecule has 2 rings (SSSR count). The molecule has 0 aliphatic heterocycles. The van der Waals surface area contributed by atoms with Crippen LogP contribution in [0, 0.1) is 13.8 Å². The van der Waals surface area contributed by atoms with Crippen LogP contribution in [-0.2, 0) is 6.54 Å². The van der Waals surface area contributed by atoms with Gasteiger partial charge < -0.3 is 5.32 Å². The number of halogens is 1. The van der Waals surface area contributed by atoms with Gasteiger partial charge in [-0.25, -0.2) is 0 Å². The number of aromatic nitrogens is 1. The Hall–Kier alpha value is -1.54. The number of aryl methyl sites for hydroxylation is 2. The van der Waals surface area contributed by atoms with E-state index in [0.717, 1.165) is 12.2 Å². The zero-order valence-electron chi connectivity index (χ0n) is 10.00. The highest BCUT2D eigenvalue weighted by atomic mass is 35.5. The van der Waals surface area contributed by atoms with E-state index in [1.54, 1.807) is 18.5 Å². The van der Waals surface area contributed by atoms with Crippen LogP contribution in [0.1, 0.15) is 16.7 Å². The summed E-state index contributed by atoms with van der Waals surface area (Å²) in [5.74, 6) is 0. The first-order valence-electron chi connectivity index (χ1n) is 5.56. The quantitative estimate of drug-likeness (QED) is 0.887. The molecule has 1 N–H and O–H groups in total. The molecular weight excluding hydrogens is 232 g/mol. The number of pyridine rings is 1. The second kappa shape index (κ2) is 5.19. The van der Waals surface area contributed by atoms with Crippen LogP contribution in [0.25, 0.3) is 0 Å². The molecule has 17 heavy (non-hydrogen) atoms. The molecule has 1 aromatic heterocycles. The van der Waals surface area contributed by atoms with Crippen molar-refractivity contribution < 1.29 is 0 Å². The van der Waals surface area contributed by atoms with E-state index in [1.165, 1.54) is 16.7 Å². The smallest absolute Gasteiger partial charge is 0.0718 e. The Bertz CT molecular complexity index is 523. The maximum absolute atomic E-state index is 6.05. The van der Waals surface area contributed by atoms with Gasteiger partial charge in [0.25, 0.3) is 0 Å². The van der Waals surface area contributed by atoms with Crippen molar-refractivity contribution in [2.24, 2.45) is 0 Å². The van der Waals surface area contributed by atoms with Gasteiger partial charge in [0, 0.05) is 12.7 Å². The van der Waals surface area contributed by atoms with Crippen LogP contribution in [0.2, 0.25) is 5.02 Å². The van der Waals surface area contributed by atoms with Crippen LogP contribution in [0.3, 0.4) is 0 Å². The van der Waals surface area contributed by atoms with Crippen LogP contribution in [0.4, 0.5) is 5.69 Å². The molecule has 2 nitrogen and oxygen atoms in total. The van der Waals surface area contributed by atoms with Gasteiger partial charge in [0.05, 0.1) is 16.9 Å². The first-order chi connectivity index (χ1) is 8.16. The van der Waals surface area contributed by atoms with Crippen molar-refractivity contribution >= 4 is 17.3 Å². The Balaban J connectivity index is 2.10. The van der Waals surface area contributed by atoms with Crippen LogP contribution in [0.5, 0.6) is 0 Å². The van der Waals surface area contributed by atoms with Gasteiger partial charge in [-0.05, 0) is 31.0 Å². The van der Waals surface area contributed by atoms with Gasteiger partial charge in [0.15, 0.2) is 0 Å². The van der Waals surface area contributed by atoms with E-state index in [2.05, 4.69) is 42.3 Å². The maximum atomic E-state index is 6.05. The van der Waals surface area contributed by atoms with Crippen LogP contribution in [-0.4, -0.2) is 4.98 Å². The van der Waals surface area contributed by atoms with E-state index in [0.29, 0.717) is 5.02 Å². The van der Waals surface area contributed by atoms with Crippen molar-refractivity contribution in [3.05, 3.63) is 58.4 Å². The third kappa shape index (κ3) is 2.98. The highest BCUT2D eigenvalue weighted by molar-refractivity contribution is 6.33. The maximum Gasteiger partial charge on any atom is 0.0718 e. The molecule has 0 unspecified atom stereocenters. The molecule has 0 spiro atoms. The highest BCUT2D eigenvalue weighted by Crippen LogP contribution is 2.20. The topological polar surface area (TPSA) is 24.9 Å². The molecule has 0 radical (unpaired) electrons. The fourth-order valence-electron chi connectivity index (χ4n) is 1.74. The highest BCUT2D eigenvalue weighted by Gasteiger charge is 2.01. The van der Waals surface area contributed by atoms with E-state index in [9.17, 15) is 0 Å². The average Bonchev–Trinajstić information content (AvgIpc) is 2.30. The Morgan fingerprint density at radius 1 is 1.24 bits per heavy atom. The largest absolute Gasteiger partial charge is 0.379 e. The molecule has 1 heterocycles. The standard InChI is InChI=1S/C14H15ClN2/c1-10-3-4-12(11(2)7-10)8-17-14-9-16-6-5-13(14)15/h3-7,9,17H,8H2,1-2H3. The van der Waals surface area contributed by atoms with Crippen LogP contribution < -0.4 is 5.32 Å². The lowest BCUT2D eigenvalue weighted by Crippen LogP contribution is -2.02. The second-order valence-corrected chi connectivity index (χ2v) is 4.55. The number of rotatable bonds is 3. The predicted octanol–water partition coefficient (Wildman–Crippen LogP) is 3.96. The fourth-order valence-corrected chi connectivity index (χ4v) is 1.91.